The summed E-state index contributed by atoms with van der Waals surface area (Å²) in [5, 5.41) is 14.5. The summed E-state index contributed by atoms with van der Waals surface area (Å²) in [6.45, 7) is 4.62. The molecule has 1 aromatic heterocycles. The van der Waals surface area contributed by atoms with E-state index in [1.54, 1.807) is 13.4 Å². The number of likely N-dealkylation sites (tertiary alicyclic amines) is 1. The van der Waals surface area contributed by atoms with Crippen LogP contribution >= 0.6 is 24.0 Å². The van der Waals surface area contributed by atoms with Gasteiger partial charge in [0.15, 0.2) is 5.96 Å². The van der Waals surface area contributed by atoms with Gasteiger partial charge in [-0.15, -0.1) is 34.2 Å². The number of aryl methyl sites for hydroxylation is 1. The molecule has 164 valence electrons. The minimum atomic E-state index is -0.106. The number of imide groups is 1. The van der Waals surface area contributed by atoms with Crippen LogP contribution in [0, 0.1) is 23.7 Å². The van der Waals surface area contributed by atoms with Crippen LogP contribution in [0.4, 0.5) is 0 Å². The molecule has 1 aliphatic heterocycles. The highest BCUT2D eigenvalue weighted by Gasteiger charge is 2.58. The minimum Gasteiger partial charge on any atom is -0.356 e. The molecule has 1 saturated heterocycles. The first kappa shape index (κ1) is 22.7. The summed E-state index contributed by atoms with van der Waals surface area (Å²) in [7, 11) is 1.73. The number of aliphatic imine (C=N–C) groups is 1. The molecular weight excluding hydrogens is 497 g/mol. The number of carbonyl (C=O) groups excluding carboxylic acids is 2. The standard InChI is InChI=1S/C20H29N7O2.HI/c1-3-15-25-24-12-26(15)10-8-23-20(21-2)22-7-4-9-27-18(28)16-13-5-6-14(11-13)17(16)19(27)29;/h5-6,12-14,16-17H,3-4,7-11H2,1-2H3,(H2,21,22,23);1H. The van der Waals surface area contributed by atoms with E-state index in [4.69, 9.17) is 0 Å². The van der Waals surface area contributed by atoms with Crippen molar-refractivity contribution in [1.82, 2.24) is 30.3 Å². The first-order chi connectivity index (χ1) is 14.1. The summed E-state index contributed by atoms with van der Waals surface area (Å²) in [4.78, 5) is 31.1. The number of rotatable bonds is 8. The second kappa shape index (κ2) is 9.88. The maximum atomic E-state index is 12.7. The number of aromatic nitrogens is 3. The predicted octanol–water partition coefficient (Wildman–Crippen LogP) is 0.821. The van der Waals surface area contributed by atoms with Crippen molar-refractivity contribution < 1.29 is 9.59 Å². The fraction of sp³-hybridized carbons (Fsp3) is 0.650. The van der Waals surface area contributed by atoms with Crippen LogP contribution in [0.25, 0.3) is 0 Å². The highest BCUT2D eigenvalue weighted by molar-refractivity contribution is 14.0. The number of carbonyl (C=O) groups is 2. The lowest BCUT2D eigenvalue weighted by atomic mass is 9.85. The summed E-state index contributed by atoms with van der Waals surface area (Å²) in [5.41, 5.74) is 0. The average molecular weight is 527 g/mol. The van der Waals surface area contributed by atoms with Crippen LogP contribution in [-0.4, -0.2) is 64.1 Å². The maximum absolute atomic E-state index is 12.7. The van der Waals surface area contributed by atoms with Crippen molar-refractivity contribution in [3.63, 3.8) is 0 Å². The number of nitrogens with one attached hydrogen (secondary N) is 2. The molecule has 2 heterocycles. The van der Waals surface area contributed by atoms with Crippen molar-refractivity contribution >= 4 is 41.8 Å². The van der Waals surface area contributed by atoms with Gasteiger partial charge in [-0.25, -0.2) is 0 Å². The molecule has 0 spiro atoms. The summed E-state index contributed by atoms with van der Waals surface area (Å²) < 4.78 is 2.02. The average Bonchev–Trinajstić information content (AvgIpc) is 3.49. The minimum absolute atomic E-state index is 0. The number of fused-ring (bicyclic) bond motifs is 5. The Morgan fingerprint density at radius 3 is 2.43 bits per heavy atom. The molecule has 1 saturated carbocycles. The van der Waals surface area contributed by atoms with Crippen LogP contribution in [0.2, 0.25) is 0 Å². The first-order valence-corrected chi connectivity index (χ1v) is 10.5. The van der Waals surface area contributed by atoms with E-state index >= 15 is 0 Å². The van der Waals surface area contributed by atoms with E-state index in [1.165, 1.54) is 4.90 Å². The third-order valence-corrected chi connectivity index (χ3v) is 6.29. The normalized spacial score (nSPS) is 26.9. The van der Waals surface area contributed by atoms with Crippen molar-refractivity contribution in [3.8, 4) is 0 Å². The number of hydrogen-bond donors (Lipinski definition) is 2. The number of allylic oxidation sites excluding steroid dienone is 2. The van der Waals surface area contributed by atoms with Crippen LogP contribution in [0.15, 0.2) is 23.5 Å². The molecule has 2 bridgehead atoms. The van der Waals surface area contributed by atoms with Gasteiger partial charge in [0.1, 0.15) is 12.2 Å². The van der Waals surface area contributed by atoms with E-state index < -0.39 is 0 Å². The molecule has 9 nitrogen and oxygen atoms in total. The maximum Gasteiger partial charge on any atom is 0.233 e. The predicted molar refractivity (Wildman–Crippen MR) is 123 cm³/mol. The monoisotopic (exact) mass is 527 g/mol. The fourth-order valence-electron chi connectivity index (χ4n) is 4.88. The fourth-order valence-corrected chi connectivity index (χ4v) is 4.88. The van der Waals surface area contributed by atoms with Gasteiger partial charge in [0.25, 0.3) is 0 Å². The second-order valence-corrected chi connectivity index (χ2v) is 7.90. The number of amides is 2. The topological polar surface area (TPSA) is 105 Å². The molecule has 3 aliphatic rings. The molecule has 10 heteroatoms. The van der Waals surface area contributed by atoms with Gasteiger partial charge in [-0.05, 0) is 24.7 Å². The molecule has 2 amide bonds. The number of hydrogen-bond acceptors (Lipinski definition) is 5. The molecule has 30 heavy (non-hydrogen) atoms. The van der Waals surface area contributed by atoms with E-state index in [-0.39, 0.29) is 59.5 Å². The summed E-state index contributed by atoms with van der Waals surface area (Å²) in [6, 6.07) is 0. The van der Waals surface area contributed by atoms with Gasteiger partial charge >= 0.3 is 0 Å². The third-order valence-electron chi connectivity index (χ3n) is 6.29. The zero-order valence-electron chi connectivity index (χ0n) is 17.5. The van der Waals surface area contributed by atoms with Crippen LogP contribution in [-0.2, 0) is 22.6 Å². The van der Waals surface area contributed by atoms with Crippen molar-refractivity contribution in [2.75, 3.05) is 26.7 Å². The van der Waals surface area contributed by atoms with Gasteiger partial charge in [-0.3, -0.25) is 19.5 Å². The zero-order chi connectivity index (χ0) is 20.4. The Hall–Kier alpha value is -1.98. The molecule has 4 atom stereocenters. The lowest BCUT2D eigenvalue weighted by molar-refractivity contribution is -0.140. The van der Waals surface area contributed by atoms with Crippen molar-refractivity contribution in [2.45, 2.75) is 32.7 Å². The van der Waals surface area contributed by atoms with Crippen LogP contribution in [0.3, 0.4) is 0 Å². The highest BCUT2D eigenvalue weighted by Crippen LogP contribution is 2.52. The van der Waals surface area contributed by atoms with E-state index in [0.29, 0.717) is 32.0 Å². The molecule has 0 radical (unpaired) electrons. The largest absolute Gasteiger partial charge is 0.356 e. The molecule has 4 rings (SSSR count). The van der Waals surface area contributed by atoms with Crippen LogP contribution < -0.4 is 10.6 Å². The second-order valence-electron chi connectivity index (χ2n) is 7.90. The highest BCUT2D eigenvalue weighted by atomic mass is 127. The molecule has 0 aromatic carbocycles. The Kier molecular flexibility index (Phi) is 7.48. The molecule has 2 aliphatic carbocycles. The molecule has 2 fully saturated rings. The Balaban J connectivity index is 0.00000256. The first-order valence-electron chi connectivity index (χ1n) is 10.5. The Morgan fingerprint density at radius 1 is 1.13 bits per heavy atom. The summed E-state index contributed by atoms with van der Waals surface area (Å²) >= 11 is 0. The molecule has 1 aromatic rings. The Morgan fingerprint density at radius 2 is 1.80 bits per heavy atom. The lowest BCUT2D eigenvalue weighted by Crippen LogP contribution is -2.41. The molecule has 4 unspecified atom stereocenters. The van der Waals surface area contributed by atoms with Crippen molar-refractivity contribution in [1.29, 1.82) is 0 Å². The van der Waals surface area contributed by atoms with Crippen molar-refractivity contribution in [2.24, 2.45) is 28.7 Å². The third kappa shape index (κ3) is 4.23. The van der Waals surface area contributed by atoms with E-state index in [9.17, 15) is 9.59 Å². The van der Waals surface area contributed by atoms with Gasteiger partial charge in [-0.1, -0.05) is 19.1 Å². The quantitative estimate of drug-likeness (QED) is 0.130. The number of nitrogens with zero attached hydrogens (tertiary/aromatic N) is 5. The summed E-state index contributed by atoms with van der Waals surface area (Å²) in [6.07, 6.45) is 8.50. The van der Waals surface area contributed by atoms with Gasteiger partial charge in [0, 0.05) is 39.6 Å². The van der Waals surface area contributed by atoms with Gasteiger partial charge in [-0.2, -0.15) is 0 Å². The van der Waals surface area contributed by atoms with Crippen molar-refractivity contribution in [3.05, 3.63) is 24.3 Å². The lowest BCUT2D eigenvalue weighted by Gasteiger charge is -2.18. The van der Waals surface area contributed by atoms with Crippen LogP contribution in [0.5, 0.6) is 0 Å². The zero-order valence-corrected chi connectivity index (χ0v) is 19.8. The van der Waals surface area contributed by atoms with Gasteiger partial charge in [0.05, 0.1) is 11.8 Å². The smallest absolute Gasteiger partial charge is 0.233 e. The number of halogens is 1. The Labute approximate surface area is 193 Å². The van der Waals surface area contributed by atoms with E-state index in [0.717, 1.165) is 25.2 Å². The van der Waals surface area contributed by atoms with E-state index in [1.807, 2.05) is 4.57 Å². The molecule has 2 N–H and O–H groups in total. The number of guanidine groups is 1. The van der Waals surface area contributed by atoms with Gasteiger partial charge in [0.2, 0.25) is 11.8 Å². The Bertz CT molecular complexity index is 807. The molecular formula is C20H30IN7O2. The summed E-state index contributed by atoms with van der Waals surface area (Å²) in [5.74, 6) is 2.05. The van der Waals surface area contributed by atoms with E-state index in [2.05, 4.69) is 44.9 Å². The van der Waals surface area contributed by atoms with Gasteiger partial charge < -0.3 is 15.2 Å². The SMILES string of the molecule is CCc1nncn1CCNC(=NC)NCCCN1C(=O)C2C3C=CC(C3)C2C1=O.I. The van der Waals surface area contributed by atoms with Crippen LogP contribution in [0.1, 0.15) is 25.6 Å².